The zero-order valence-corrected chi connectivity index (χ0v) is 10.4. The van der Waals surface area contributed by atoms with Crippen LogP contribution in [0.1, 0.15) is 20.3 Å². The van der Waals surface area contributed by atoms with Gasteiger partial charge in [0.15, 0.2) is 0 Å². The van der Waals surface area contributed by atoms with Gasteiger partial charge in [-0.1, -0.05) is 6.92 Å². The highest BCUT2D eigenvalue weighted by molar-refractivity contribution is 4.83. The zero-order valence-electron chi connectivity index (χ0n) is 10.4. The molecule has 2 rings (SSSR count). The quantitative estimate of drug-likeness (QED) is 0.761. The van der Waals surface area contributed by atoms with Crippen molar-refractivity contribution in [1.82, 2.24) is 10.2 Å². The van der Waals surface area contributed by atoms with E-state index in [1.54, 1.807) is 0 Å². The van der Waals surface area contributed by atoms with Crippen molar-refractivity contribution < 1.29 is 9.47 Å². The van der Waals surface area contributed by atoms with E-state index in [1.165, 1.54) is 0 Å². The van der Waals surface area contributed by atoms with E-state index in [0.29, 0.717) is 18.2 Å². The van der Waals surface area contributed by atoms with Crippen LogP contribution in [0.3, 0.4) is 0 Å². The number of ether oxygens (including phenoxy) is 2. The highest BCUT2D eigenvalue weighted by atomic mass is 16.5. The first-order valence-corrected chi connectivity index (χ1v) is 6.49. The first-order chi connectivity index (χ1) is 7.81. The van der Waals surface area contributed by atoms with E-state index < -0.39 is 0 Å². The van der Waals surface area contributed by atoms with Crippen LogP contribution in [0.5, 0.6) is 0 Å². The predicted octanol–water partition coefficient (Wildman–Crippen LogP) is 0.474. The molecule has 3 unspecified atom stereocenters. The lowest BCUT2D eigenvalue weighted by atomic mass is 10.1. The highest BCUT2D eigenvalue weighted by Gasteiger charge is 2.29. The fourth-order valence-electron chi connectivity index (χ4n) is 2.49. The first kappa shape index (κ1) is 12.3. The molecule has 2 aliphatic heterocycles. The molecule has 4 nitrogen and oxygen atoms in total. The molecule has 0 spiro atoms. The lowest BCUT2D eigenvalue weighted by Gasteiger charge is -2.40. The van der Waals surface area contributed by atoms with Gasteiger partial charge in [0, 0.05) is 32.2 Å². The van der Waals surface area contributed by atoms with Gasteiger partial charge < -0.3 is 14.8 Å². The Hall–Kier alpha value is -0.160. The summed E-state index contributed by atoms with van der Waals surface area (Å²) in [6.45, 7) is 10.2. The SMILES string of the molecule is CCC1CN(C(C)C2CNCCO2)CCO1. The van der Waals surface area contributed by atoms with E-state index in [2.05, 4.69) is 24.1 Å². The van der Waals surface area contributed by atoms with Gasteiger partial charge in [-0.05, 0) is 13.3 Å². The van der Waals surface area contributed by atoms with Gasteiger partial charge in [-0.15, -0.1) is 0 Å². The van der Waals surface area contributed by atoms with Crippen LogP contribution in [0.15, 0.2) is 0 Å². The summed E-state index contributed by atoms with van der Waals surface area (Å²) >= 11 is 0. The molecular weight excluding hydrogens is 204 g/mol. The molecular formula is C12H24N2O2. The second-order valence-electron chi connectivity index (χ2n) is 4.75. The maximum atomic E-state index is 5.82. The van der Waals surface area contributed by atoms with Gasteiger partial charge in [0.1, 0.15) is 0 Å². The zero-order chi connectivity index (χ0) is 11.4. The number of rotatable bonds is 3. The maximum absolute atomic E-state index is 5.82. The number of hydrogen-bond donors (Lipinski definition) is 1. The Bertz CT molecular complexity index is 207. The van der Waals surface area contributed by atoms with Gasteiger partial charge in [0.2, 0.25) is 0 Å². The minimum absolute atomic E-state index is 0.337. The van der Waals surface area contributed by atoms with E-state index in [4.69, 9.17) is 9.47 Å². The van der Waals surface area contributed by atoms with Crippen molar-refractivity contribution in [2.24, 2.45) is 0 Å². The van der Waals surface area contributed by atoms with Crippen molar-refractivity contribution in [2.75, 3.05) is 39.4 Å². The molecule has 94 valence electrons. The molecule has 3 atom stereocenters. The van der Waals surface area contributed by atoms with Crippen molar-refractivity contribution in [3.63, 3.8) is 0 Å². The summed E-state index contributed by atoms with van der Waals surface area (Å²) in [6, 6.07) is 0.491. The summed E-state index contributed by atoms with van der Waals surface area (Å²) < 4.78 is 11.5. The van der Waals surface area contributed by atoms with Crippen LogP contribution in [0.2, 0.25) is 0 Å². The number of nitrogens with one attached hydrogen (secondary N) is 1. The summed E-state index contributed by atoms with van der Waals surface area (Å²) in [5, 5.41) is 3.40. The van der Waals surface area contributed by atoms with Crippen molar-refractivity contribution in [3.8, 4) is 0 Å². The summed E-state index contributed by atoms with van der Waals surface area (Å²) in [7, 11) is 0. The smallest absolute Gasteiger partial charge is 0.0852 e. The van der Waals surface area contributed by atoms with E-state index in [-0.39, 0.29) is 0 Å². The minimum Gasteiger partial charge on any atom is -0.376 e. The summed E-state index contributed by atoms with van der Waals surface area (Å²) in [6.07, 6.45) is 1.85. The van der Waals surface area contributed by atoms with Crippen molar-refractivity contribution in [2.45, 2.75) is 38.5 Å². The lowest BCUT2D eigenvalue weighted by molar-refractivity contribution is -0.0812. The van der Waals surface area contributed by atoms with Crippen LogP contribution in [-0.2, 0) is 9.47 Å². The summed E-state index contributed by atoms with van der Waals surface area (Å²) in [5.41, 5.74) is 0. The monoisotopic (exact) mass is 228 g/mol. The standard InChI is InChI=1S/C12H24N2O2/c1-3-11-9-14(5-7-15-11)10(2)12-8-13-4-6-16-12/h10-13H,3-9H2,1-2H3. The van der Waals surface area contributed by atoms with Gasteiger partial charge >= 0.3 is 0 Å². The summed E-state index contributed by atoms with van der Waals surface area (Å²) in [4.78, 5) is 2.51. The third-order valence-corrected chi connectivity index (χ3v) is 3.70. The first-order valence-electron chi connectivity index (χ1n) is 6.49. The van der Waals surface area contributed by atoms with Gasteiger partial charge in [-0.3, -0.25) is 4.90 Å². The van der Waals surface area contributed by atoms with Gasteiger partial charge in [-0.2, -0.15) is 0 Å². The molecule has 0 aromatic carbocycles. The molecule has 0 aromatic heterocycles. The topological polar surface area (TPSA) is 33.7 Å². The minimum atomic E-state index is 0.337. The van der Waals surface area contributed by atoms with Crippen LogP contribution in [-0.4, -0.2) is 62.5 Å². The molecule has 1 N–H and O–H groups in total. The Kier molecular flexibility index (Phi) is 4.58. The van der Waals surface area contributed by atoms with Gasteiger partial charge in [0.05, 0.1) is 25.4 Å². The van der Waals surface area contributed by atoms with Gasteiger partial charge in [0.25, 0.3) is 0 Å². The molecule has 0 aromatic rings. The van der Waals surface area contributed by atoms with E-state index in [9.17, 15) is 0 Å². The molecule has 4 heteroatoms. The molecule has 0 radical (unpaired) electrons. The van der Waals surface area contributed by atoms with Crippen LogP contribution >= 0.6 is 0 Å². The lowest BCUT2D eigenvalue weighted by Crippen LogP contribution is -2.55. The average Bonchev–Trinajstić information content (AvgIpc) is 2.39. The molecule has 2 aliphatic rings. The van der Waals surface area contributed by atoms with Crippen molar-refractivity contribution in [1.29, 1.82) is 0 Å². The van der Waals surface area contributed by atoms with E-state index in [0.717, 1.165) is 45.8 Å². The number of hydrogen-bond acceptors (Lipinski definition) is 4. The van der Waals surface area contributed by atoms with E-state index >= 15 is 0 Å². The molecule has 0 amide bonds. The normalized spacial score (nSPS) is 34.9. The fraction of sp³-hybridized carbons (Fsp3) is 1.00. The third kappa shape index (κ3) is 2.94. The Labute approximate surface area is 98.3 Å². The van der Waals surface area contributed by atoms with Crippen LogP contribution < -0.4 is 5.32 Å². The predicted molar refractivity (Wildman–Crippen MR) is 63.7 cm³/mol. The van der Waals surface area contributed by atoms with Crippen molar-refractivity contribution in [3.05, 3.63) is 0 Å². The fourth-order valence-corrected chi connectivity index (χ4v) is 2.49. The Morgan fingerprint density at radius 3 is 2.94 bits per heavy atom. The average molecular weight is 228 g/mol. The Balaban J connectivity index is 1.84. The summed E-state index contributed by atoms with van der Waals surface area (Å²) in [5.74, 6) is 0. The molecule has 0 saturated carbocycles. The van der Waals surface area contributed by atoms with Crippen LogP contribution in [0, 0.1) is 0 Å². The molecule has 2 heterocycles. The number of morpholine rings is 2. The van der Waals surface area contributed by atoms with Crippen LogP contribution in [0.25, 0.3) is 0 Å². The van der Waals surface area contributed by atoms with Crippen molar-refractivity contribution >= 4 is 0 Å². The maximum Gasteiger partial charge on any atom is 0.0852 e. The number of nitrogens with zero attached hydrogens (tertiary/aromatic N) is 1. The second-order valence-corrected chi connectivity index (χ2v) is 4.75. The van der Waals surface area contributed by atoms with E-state index in [1.807, 2.05) is 0 Å². The molecule has 0 bridgehead atoms. The molecule has 2 fully saturated rings. The highest BCUT2D eigenvalue weighted by Crippen LogP contribution is 2.15. The molecule has 2 saturated heterocycles. The van der Waals surface area contributed by atoms with Crippen LogP contribution in [0.4, 0.5) is 0 Å². The molecule has 16 heavy (non-hydrogen) atoms. The second kappa shape index (κ2) is 5.96. The Morgan fingerprint density at radius 2 is 2.25 bits per heavy atom. The molecule has 0 aliphatic carbocycles. The van der Waals surface area contributed by atoms with Gasteiger partial charge in [-0.25, -0.2) is 0 Å². The largest absolute Gasteiger partial charge is 0.376 e. The third-order valence-electron chi connectivity index (χ3n) is 3.70. The Morgan fingerprint density at radius 1 is 1.38 bits per heavy atom.